The SMILES string of the molecule is O=C(O)c1ccc(CCc2ccccc2)cc1Nc1cccc2cnccc12. The van der Waals surface area contributed by atoms with E-state index in [1.54, 1.807) is 18.5 Å². The Bertz CT molecular complexity index is 1120. The summed E-state index contributed by atoms with van der Waals surface area (Å²) in [6.07, 6.45) is 5.29. The molecule has 1 heterocycles. The molecule has 0 fully saturated rings. The smallest absolute Gasteiger partial charge is 0.337 e. The molecule has 4 nitrogen and oxygen atoms in total. The molecule has 4 rings (SSSR count). The van der Waals surface area contributed by atoms with Crippen molar-refractivity contribution in [2.45, 2.75) is 12.8 Å². The minimum Gasteiger partial charge on any atom is -0.478 e. The second kappa shape index (κ2) is 7.92. The number of carbonyl (C=O) groups is 1. The first-order chi connectivity index (χ1) is 13.7. The number of benzene rings is 3. The van der Waals surface area contributed by atoms with Crippen molar-refractivity contribution in [1.29, 1.82) is 0 Å². The van der Waals surface area contributed by atoms with Gasteiger partial charge in [-0.05, 0) is 48.2 Å². The fourth-order valence-corrected chi connectivity index (χ4v) is 3.35. The molecule has 4 heteroatoms. The average molecular weight is 368 g/mol. The van der Waals surface area contributed by atoms with E-state index in [-0.39, 0.29) is 5.56 Å². The van der Waals surface area contributed by atoms with Gasteiger partial charge in [0.15, 0.2) is 0 Å². The zero-order valence-corrected chi connectivity index (χ0v) is 15.3. The van der Waals surface area contributed by atoms with Gasteiger partial charge in [0, 0.05) is 28.9 Å². The number of anilines is 2. The molecule has 0 aliphatic rings. The lowest BCUT2D eigenvalue weighted by Crippen LogP contribution is -2.04. The summed E-state index contributed by atoms with van der Waals surface area (Å²) in [5.74, 6) is -0.945. The summed E-state index contributed by atoms with van der Waals surface area (Å²) in [6.45, 7) is 0. The summed E-state index contributed by atoms with van der Waals surface area (Å²) < 4.78 is 0. The predicted octanol–water partition coefficient (Wildman–Crippen LogP) is 5.46. The summed E-state index contributed by atoms with van der Waals surface area (Å²) in [7, 11) is 0. The van der Waals surface area contributed by atoms with Crippen molar-refractivity contribution in [3.05, 3.63) is 102 Å². The highest BCUT2D eigenvalue weighted by Crippen LogP contribution is 2.28. The van der Waals surface area contributed by atoms with Crippen LogP contribution < -0.4 is 5.32 Å². The molecule has 0 bridgehead atoms. The summed E-state index contributed by atoms with van der Waals surface area (Å²) in [5, 5.41) is 14.9. The number of rotatable bonds is 6. The zero-order valence-electron chi connectivity index (χ0n) is 15.3. The van der Waals surface area contributed by atoms with Crippen LogP contribution in [0.15, 0.2) is 85.2 Å². The molecule has 138 valence electrons. The monoisotopic (exact) mass is 368 g/mol. The van der Waals surface area contributed by atoms with Gasteiger partial charge in [-0.15, -0.1) is 0 Å². The Balaban J connectivity index is 1.65. The Morgan fingerprint density at radius 2 is 1.68 bits per heavy atom. The number of fused-ring (bicyclic) bond motifs is 1. The van der Waals surface area contributed by atoms with E-state index >= 15 is 0 Å². The van der Waals surface area contributed by atoms with E-state index in [0.717, 1.165) is 34.9 Å². The summed E-state index contributed by atoms with van der Waals surface area (Å²) in [4.78, 5) is 15.9. The Morgan fingerprint density at radius 1 is 0.857 bits per heavy atom. The Labute approximate surface area is 163 Å². The number of nitrogens with one attached hydrogen (secondary N) is 1. The van der Waals surface area contributed by atoms with E-state index in [1.165, 1.54) is 5.56 Å². The third-order valence-corrected chi connectivity index (χ3v) is 4.81. The normalized spacial score (nSPS) is 10.7. The van der Waals surface area contributed by atoms with Crippen LogP contribution in [-0.4, -0.2) is 16.1 Å². The Hall–Kier alpha value is -3.66. The Kier molecular flexibility index (Phi) is 5.02. The minimum atomic E-state index is -0.945. The molecule has 0 saturated carbocycles. The molecule has 0 unspecified atom stereocenters. The maximum Gasteiger partial charge on any atom is 0.337 e. The van der Waals surface area contributed by atoms with Gasteiger partial charge >= 0.3 is 5.97 Å². The third kappa shape index (κ3) is 3.86. The van der Waals surface area contributed by atoms with Crippen molar-refractivity contribution in [3.63, 3.8) is 0 Å². The van der Waals surface area contributed by atoms with Crippen molar-refractivity contribution in [2.75, 3.05) is 5.32 Å². The van der Waals surface area contributed by atoms with Crippen LogP contribution in [0.4, 0.5) is 11.4 Å². The van der Waals surface area contributed by atoms with E-state index in [1.807, 2.05) is 54.6 Å². The van der Waals surface area contributed by atoms with E-state index in [0.29, 0.717) is 5.69 Å². The molecule has 0 amide bonds. The second-order valence-corrected chi connectivity index (χ2v) is 6.70. The van der Waals surface area contributed by atoms with Crippen molar-refractivity contribution < 1.29 is 9.90 Å². The predicted molar refractivity (Wildman–Crippen MR) is 112 cm³/mol. The third-order valence-electron chi connectivity index (χ3n) is 4.81. The molecular formula is C24H20N2O2. The number of aryl methyl sites for hydroxylation is 2. The standard InChI is InChI=1S/C24H20N2O2/c27-24(28)21-12-11-18(10-9-17-5-2-1-3-6-17)15-23(21)26-22-8-4-7-19-16-25-14-13-20(19)22/h1-8,11-16,26H,9-10H2,(H,27,28). The summed E-state index contributed by atoms with van der Waals surface area (Å²) in [6, 6.07) is 23.6. The number of nitrogens with zero attached hydrogens (tertiary/aromatic N) is 1. The van der Waals surface area contributed by atoms with Gasteiger partial charge in [0.2, 0.25) is 0 Å². The van der Waals surface area contributed by atoms with E-state index in [9.17, 15) is 9.90 Å². The maximum absolute atomic E-state index is 11.7. The molecule has 0 radical (unpaired) electrons. The van der Waals surface area contributed by atoms with Gasteiger partial charge < -0.3 is 10.4 Å². The lowest BCUT2D eigenvalue weighted by atomic mass is 10.0. The first-order valence-corrected chi connectivity index (χ1v) is 9.20. The lowest BCUT2D eigenvalue weighted by Gasteiger charge is -2.14. The van der Waals surface area contributed by atoms with Crippen LogP contribution in [0.25, 0.3) is 10.8 Å². The number of carboxylic acid groups (broad SMARTS) is 1. The molecule has 0 atom stereocenters. The molecule has 0 aliphatic carbocycles. The first-order valence-electron chi connectivity index (χ1n) is 9.20. The van der Waals surface area contributed by atoms with Crippen molar-refractivity contribution in [2.24, 2.45) is 0 Å². The average Bonchev–Trinajstić information content (AvgIpc) is 2.73. The second-order valence-electron chi connectivity index (χ2n) is 6.70. The largest absolute Gasteiger partial charge is 0.478 e. The Morgan fingerprint density at radius 3 is 2.50 bits per heavy atom. The number of aromatic carboxylic acids is 1. The topological polar surface area (TPSA) is 62.2 Å². The van der Waals surface area contributed by atoms with Crippen LogP contribution in [0.2, 0.25) is 0 Å². The van der Waals surface area contributed by atoms with Gasteiger partial charge in [0.25, 0.3) is 0 Å². The highest BCUT2D eigenvalue weighted by atomic mass is 16.4. The van der Waals surface area contributed by atoms with E-state index in [2.05, 4.69) is 22.4 Å². The van der Waals surface area contributed by atoms with Crippen molar-refractivity contribution in [3.8, 4) is 0 Å². The number of pyridine rings is 1. The molecule has 28 heavy (non-hydrogen) atoms. The fourth-order valence-electron chi connectivity index (χ4n) is 3.35. The first kappa shape index (κ1) is 17.7. The molecule has 1 aromatic heterocycles. The van der Waals surface area contributed by atoms with Gasteiger partial charge in [-0.1, -0.05) is 48.5 Å². The molecule has 4 aromatic rings. The quantitative estimate of drug-likeness (QED) is 0.474. The van der Waals surface area contributed by atoms with E-state index < -0.39 is 5.97 Å². The van der Waals surface area contributed by atoms with Gasteiger partial charge in [0.05, 0.1) is 11.3 Å². The fraction of sp³-hybridized carbons (Fsp3) is 0.0833. The van der Waals surface area contributed by atoms with Gasteiger partial charge in [-0.2, -0.15) is 0 Å². The van der Waals surface area contributed by atoms with Gasteiger partial charge in [-0.25, -0.2) is 4.79 Å². The van der Waals surface area contributed by atoms with Crippen LogP contribution in [0, 0.1) is 0 Å². The summed E-state index contributed by atoms with van der Waals surface area (Å²) in [5.41, 5.74) is 4.08. The minimum absolute atomic E-state index is 0.259. The molecule has 0 saturated heterocycles. The maximum atomic E-state index is 11.7. The molecule has 0 spiro atoms. The number of carboxylic acids is 1. The van der Waals surface area contributed by atoms with E-state index in [4.69, 9.17) is 0 Å². The molecule has 0 aliphatic heterocycles. The number of aromatic nitrogens is 1. The highest BCUT2D eigenvalue weighted by molar-refractivity contribution is 5.99. The summed E-state index contributed by atoms with van der Waals surface area (Å²) >= 11 is 0. The van der Waals surface area contributed by atoms with Crippen molar-refractivity contribution in [1.82, 2.24) is 4.98 Å². The van der Waals surface area contributed by atoms with Crippen molar-refractivity contribution >= 4 is 28.1 Å². The number of hydrogen-bond acceptors (Lipinski definition) is 3. The van der Waals surface area contributed by atoms with Gasteiger partial charge in [0.1, 0.15) is 0 Å². The van der Waals surface area contributed by atoms with Crippen LogP contribution in [0.3, 0.4) is 0 Å². The molecule has 2 N–H and O–H groups in total. The lowest BCUT2D eigenvalue weighted by molar-refractivity contribution is 0.0698. The zero-order chi connectivity index (χ0) is 19.3. The highest BCUT2D eigenvalue weighted by Gasteiger charge is 2.12. The van der Waals surface area contributed by atoms with Crippen LogP contribution in [0.5, 0.6) is 0 Å². The van der Waals surface area contributed by atoms with Crippen LogP contribution in [-0.2, 0) is 12.8 Å². The van der Waals surface area contributed by atoms with Gasteiger partial charge in [-0.3, -0.25) is 4.98 Å². The molecule has 3 aromatic carbocycles. The van der Waals surface area contributed by atoms with Crippen LogP contribution in [0.1, 0.15) is 21.5 Å². The van der Waals surface area contributed by atoms with Crippen LogP contribution >= 0.6 is 0 Å². The number of hydrogen-bond donors (Lipinski definition) is 2. The molecular weight excluding hydrogens is 348 g/mol.